The Morgan fingerprint density at radius 3 is 3.16 bits per heavy atom. The smallest absolute Gasteiger partial charge is 0.337 e. The highest BCUT2D eigenvalue weighted by atomic mass is 32.1. The van der Waals surface area contributed by atoms with Gasteiger partial charge in [-0.15, -0.1) is 0 Å². The molecule has 100 valence electrons. The summed E-state index contributed by atoms with van der Waals surface area (Å²) in [5, 5.41) is 6.29. The first-order chi connectivity index (χ1) is 9.16. The SMILES string of the molecule is CC1=C(C(=O)OC/C=C/c2ccco2)CNC(=S)N1. The molecular weight excluding hydrogens is 264 g/mol. The highest BCUT2D eigenvalue weighted by Gasteiger charge is 2.19. The van der Waals surface area contributed by atoms with Gasteiger partial charge in [0.05, 0.1) is 18.4 Å². The molecule has 0 saturated heterocycles. The molecule has 0 fully saturated rings. The molecule has 0 amide bonds. The van der Waals surface area contributed by atoms with Crippen LogP contribution >= 0.6 is 12.2 Å². The highest BCUT2D eigenvalue weighted by Crippen LogP contribution is 2.07. The van der Waals surface area contributed by atoms with Crippen LogP contribution < -0.4 is 10.6 Å². The zero-order valence-electron chi connectivity index (χ0n) is 10.4. The number of carbonyl (C=O) groups excluding carboxylic acids is 1. The van der Waals surface area contributed by atoms with Crippen molar-refractivity contribution in [3.8, 4) is 0 Å². The van der Waals surface area contributed by atoms with Gasteiger partial charge in [-0.3, -0.25) is 0 Å². The van der Waals surface area contributed by atoms with Gasteiger partial charge >= 0.3 is 5.97 Å². The van der Waals surface area contributed by atoms with Gasteiger partial charge in [0, 0.05) is 5.70 Å². The molecule has 5 nitrogen and oxygen atoms in total. The third-order valence-corrected chi connectivity index (χ3v) is 2.81. The molecule has 6 heteroatoms. The van der Waals surface area contributed by atoms with Crippen molar-refractivity contribution in [3.05, 3.63) is 41.5 Å². The van der Waals surface area contributed by atoms with Crippen molar-refractivity contribution >= 4 is 29.4 Å². The standard InChI is InChI=1S/C13H14N2O3S/c1-9-11(8-14-13(19)15-9)12(16)18-7-3-5-10-4-2-6-17-10/h2-6H,7-8H2,1H3,(H2,14,15,19)/b5-3+. The molecule has 0 unspecified atom stereocenters. The van der Waals surface area contributed by atoms with Gasteiger partial charge in [-0.2, -0.15) is 0 Å². The van der Waals surface area contributed by atoms with Gasteiger partial charge in [-0.1, -0.05) is 0 Å². The summed E-state index contributed by atoms with van der Waals surface area (Å²) in [4.78, 5) is 11.8. The monoisotopic (exact) mass is 278 g/mol. The lowest BCUT2D eigenvalue weighted by Crippen LogP contribution is -2.42. The molecule has 0 atom stereocenters. The van der Waals surface area contributed by atoms with Crippen LogP contribution in [0.5, 0.6) is 0 Å². The van der Waals surface area contributed by atoms with Gasteiger partial charge in [0.25, 0.3) is 0 Å². The maximum Gasteiger partial charge on any atom is 0.337 e. The van der Waals surface area contributed by atoms with Crippen LogP contribution in [0.2, 0.25) is 0 Å². The Morgan fingerprint density at radius 2 is 2.47 bits per heavy atom. The second-order valence-electron chi connectivity index (χ2n) is 3.93. The number of carbonyl (C=O) groups is 1. The number of thiocarbonyl (C=S) groups is 1. The molecule has 19 heavy (non-hydrogen) atoms. The number of ether oxygens (including phenoxy) is 1. The molecule has 1 aromatic heterocycles. The maximum atomic E-state index is 11.8. The van der Waals surface area contributed by atoms with E-state index in [1.807, 2.05) is 6.07 Å². The van der Waals surface area contributed by atoms with Crippen molar-refractivity contribution in [2.45, 2.75) is 6.92 Å². The molecule has 2 rings (SSSR count). The van der Waals surface area contributed by atoms with Gasteiger partial charge in [0.15, 0.2) is 5.11 Å². The number of hydrogen-bond acceptors (Lipinski definition) is 4. The minimum atomic E-state index is -0.357. The molecule has 0 aromatic carbocycles. The number of furan rings is 1. The lowest BCUT2D eigenvalue weighted by molar-refractivity contribution is -0.137. The van der Waals surface area contributed by atoms with Gasteiger partial charge in [0.2, 0.25) is 0 Å². The molecule has 2 N–H and O–H groups in total. The first-order valence-corrected chi connectivity index (χ1v) is 6.19. The van der Waals surface area contributed by atoms with Crippen LogP contribution in [-0.2, 0) is 9.53 Å². The summed E-state index contributed by atoms with van der Waals surface area (Å²) in [5.41, 5.74) is 1.28. The van der Waals surface area contributed by atoms with Crippen LogP contribution in [0, 0.1) is 0 Å². The fourth-order valence-electron chi connectivity index (χ4n) is 1.58. The molecule has 1 aromatic rings. The minimum absolute atomic E-state index is 0.195. The first kappa shape index (κ1) is 13.4. The fourth-order valence-corrected chi connectivity index (χ4v) is 1.80. The summed E-state index contributed by atoms with van der Waals surface area (Å²) in [5.74, 6) is 0.363. The van der Waals surface area contributed by atoms with E-state index < -0.39 is 0 Å². The number of hydrogen-bond donors (Lipinski definition) is 2. The Hall–Kier alpha value is -2.08. The Balaban J connectivity index is 1.85. The number of nitrogens with one attached hydrogen (secondary N) is 2. The number of esters is 1. The predicted molar refractivity (Wildman–Crippen MR) is 75.1 cm³/mol. The third kappa shape index (κ3) is 3.69. The van der Waals surface area contributed by atoms with Crippen LogP contribution in [0.1, 0.15) is 12.7 Å². The first-order valence-electron chi connectivity index (χ1n) is 5.78. The van der Waals surface area contributed by atoms with E-state index in [9.17, 15) is 4.79 Å². The topological polar surface area (TPSA) is 63.5 Å². The number of allylic oxidation sites excluding steroid dienone is 1. The normalized spacial score (nSPS) is 15.3. The molecular formula is C13H14N2O3S. The predicted octanol–water partition coefficient (Wildman–Crippen LogP) is 1.59. The molecule has 0 radical (unpaired) electrons. The molecule has 0 bridgehead atoms. The summed E-state index contributed by atoms with van der Waals surface area (Å²) < 4.78 is 10.3. The average Bonchev–Trinajstić information content (AvgIpc) is 2.87. The van der Waals surface area contributed by atoms with Gasteiger partial charge in [-0.25, -0.2) is 4.79 Å². The van der Waals surface area contributed by atoms with Crippen molar-refractivity contribution in [2.75, 3.05) is 13.2 Å². The lowest BCUT2D eigenvalue weighted by Gasteiger charge is -2.20. The Kier molecular flexibility index (Phi) is 4.35. The Labute approximate surface area is 116 Å². The summed E-state index contributed by atoms with van der Waals surface area (Å²) in [6, 6.07) is 3.61. The molecule has 1 aliphatic rings. The third-order valence-electron chi connectivity index (χ3n) is 2.56. The quantitative estimate of drug-likeness (QED) is 0.644. The van der Waals surface area contributed by atoms with Crippen molar-refractivity contribution in [1.82, 2.24) is 10.6 Å². The van der Waals surface area contributed by atoms with E-state index in [1.54, 1.807) is 31.4 Å². The molecule has 2 heterocycles. The molecule has 0 spiro atoms. The highest BCUT2D eigenvalue weighted by molar-refractivity contribution is 7.80. The second kappa shape index (κ2) is 6.19. The van der Waals surface area contributed by atoms with E-state index in [-0.39, 0.29) is 12.6 Å². The van der Waals surface area contributed by atoms with Crippen molar-refractivity contribution in [2.24, 2.45) is 0 Å². The minimum Gasteiger partial charge on any atom is -0.465 e. The summed E-state index contributed by atoms with van der Waals surface area (Å²) >= 11 is 4.94. The molecule has 0 saturated carbocycles. The summed E-state index contributed by atoms with van der Waals surface area (Å²) in [6.45, 7) is 2.38. The van der Waals surface area contributed by atoms with Crippen LogP contribution in [0.15, 0.2) is 40.2 Å². The van der Waals surface area contributed by atoms with E-state index in [4.69, 9.17) is 21.4 Å². The Morgan fingerprint density at radius 1 is 1.63 bits per heavy atom. The molecule has 1 aliphatic heterocycles. The van der Waals surface area contributed by atoms with Crippen LogP contribution in [-0.4, -0.2) is 24.2 Å². The van der Waals surface area contributed by atoms with Crippen LogP contribution in [0.25, 0.3) is 6.08 Å². The largest absolute Gasteiger partial charge is 0.465 e. The van der Waals surface area contributed by atoms with E-state index in [0.717, 1.165) is 11.5 Å². The fraction of sp³-hybridized carbons (Fsp3) is 0.231. The van der Waals surface area contributed by atoms with Crippen LogP contribution in [0.3, 0.4) is 0 Å². The molecule has 0 aliphatic carbocycles. The van der Waals surface area contributed by atoms with Crippen molar-refractivity contribution in [1.29, 1.82) is 0 Å². The van der Waals surface area contributed by atoms with E-state index in [1.165, 1.54) is 0 Å². The zero-order chi connectivity index (χ0) is 13.7. The van der Waals surface area contributed by atoms with Crippen molar-refractivity contribution in [3.63, 3.8) is 0 Å². The Bertz CT molecular complexity index is 532. The second-order valence-corrected chi connectivity index (χ2v) is 4.34. The van der Waals surface area contributed by atoms with E-state index >= 15 is 0 Å². The van der Waals surface area contributed by atoms with Gasteiger partial charge < -0.3 is 19.8 Å². The van der Waals surface area contributed by atoms with Crippen molar-refractivity contribution < 1.29 is 13.9 Å². The van der Waals surface area contributed by atoms with E-state index in [0.29, 0.717) is 17.2 Å². The lowest BCUT2D eigenvalue weighted by atomic mass is 10.2. The average molecular weight is 278 g/mol. The summed E-state index contributed by atoms with van der Waals surface area (Å²) in [6.07, 6.45) is 5.06. The zero-order valence-corrected chi connectivity index (χ0v) is 11.3. The van der Waals surface area contributed by atoms with Gasteiger partial charge in [0.1, 0.15) is 12.4 Å². The van der Waals surface area contributed by atoms with Crippen LogP contribution in [0.4, 0.5) is 0 Å². The number of rotatable bonds is 4. The maximum absolute atomic E-state index is 11.8. The van der Waals surface area contributed by atoms with Gasteiger partial charge in [-0.05, 0) is 43.4 Å². The summed E-state index contributed by atoms with van der Waals surface area (Å²) in [7, 11) is 0. The van der Waals surface area contributed by atoms with E-state index in [2.05, 4.69) is 10.6 Å².